The van der Waals surface area contributed by atoms with Crippen LogP contribution >= 0.6 is 0 Å². The molecule has 65 heavy (non-hydrogen) atoms. The van der Waals surface area contributed by atoms with Gasteiger partial charge >= 0.3 is 6.09 Å². The van der Waals surface area contributed by atoms with E-state index in [2.05, 4.69) is 53.0 Å². The number of nitrogens with one attached hydrogen (secondary N) is 3. The lowest BCUT2D eigenvalue weighted by atomic mass is 9.81. The van der Waals surface area contributed by atoms with Crippen molar-refractivity contribution >= 4 is 49.3 Å². The number of likely N-dealkylation sites (N-methyl/N-ethyl adjacent to an activating group) is 1. The lowest BCUT2D eigenvalue weighted by Gasteiger charge is -2.25. The Hall–Kier alpha value is -4.35. The summed E-state index contributed by atoms with van der Waals surface area (Å²) in [5, 5.41) is 5.69. The van der Waals surface area contributed by atoms with Crippen LogP contribution in [0.25, 0.3) is 0 Å². The standard InChI is InChI=1S/C43H58N4O9S2.C6H15N/c1-6-46-36-24-22-32(57(50,51)52)29-34(36)42(2,3)38(46)19-15-20-39-43(4,5)35-30-33(58(53,54)55)23-25-37(35)47(39)28-14-10-13-21-40(48)44-26-16-27-45-41(49)56-31-17-11-8-7-9-12-18-31;1-4-7(5-2)6-3/h8,11,15,19-20,22-25,29-31H,6-7,9-10,12-14,16-18,21,26-28H2,1-5H3,(H3-,44,45,48,49,50,51,52,53,54,55);4-6H2,1-3H3/b11-8-;. The van der Waals surface area contributed by atoms with Gasteiger partial charge in [0.25, 0.3) is 0 Å². The molecule has 0 saturated carbocycles. The van der Waals surface area contributed by atoms with Crippen LogP contribution in [0.15, 0.2) is 82.3 Å². The number of unbranched alkanes of at least 4 members (excludes halogenated alkanes) is 2. The van der Waals surface area contributed by atoms with E-state index in [0.29, 0.717) is 51.0 Å². The summed E-state index contributed by atoms with van der Waals surface area (Å²) in [4.78, 5) is 28.0. The van der Waals surface area contributed by atoms with E-state index in [0.717, 1.165) is 73.3 Å². The SMILES string of the molecule is CCN1/C(=C/C=C/C2=[N+](CCCCCC(=O)NCCCNC(=O)OC3C/C=C\CCCC3)c3ccc(S(=O)(=O)[O-])cc3C2(C)C)C(C)(C)c2cc(S(=O)(=O)[O-])ccc21.CC[NH+](CC)CC. The second kappa shape index (κ2) is 23.9. The zero-order valence-corrected chi connectivity index (χ0v) is 41.5. The Balaban J connectivity index is 0.00000122. The summed E-state index contributed by atoms with van der Waals surface area (Å²) in [5.74, 6) is -0.0601. The fraction of sp³-hybridized carbons (Fsp3) is 0.571. The average Bonchev–Trinajstić information content (AvgIpc) is 3.59. The molecular formula is C49H73N5O9S2. The number of quaternary nitrogens is 1. The van der Waals surface area contributed by atoms with Gasteiger partial charge in [0, 0.05) is 73.4 Å². The number of amides is 2. The maximum atomic E-state index is 12.6. The van der Waals surface area contributed by atoms with Crippen LogP contribution in [-0.4, -0.2) is 100 Å². The molecule has 3 aliphatic rings. The molecule has 1 aliphatic carbocycles. The number of anilines is 1. The molecule has 0 fully saturated rings. The molecular weight excluding hydrogens is 867 g/mol. The van der Waals surface area contributed by atoms with Crippen LogP contribution in [0.5, 0.6) is 0 Å². The highest BCUT2D eigenvalue weighted by Crippen LogP contribution is 2.48. The van der Waals surface area contributed by atoms with Crippen molar-refractivity contribution in [3.8, 4) is 0 Å². The van der Waals surface area contributed by atoms with Crippen molar-refractivity contribution in [2.45, 2.75) is 146 Å². The van der Waals surface area contributed by atoms with Crippen LogP contribution in [0.2, 0.25) is 0 Å². The van der Waals surface area contributed by atoms with Crippen LogP contribution in [-0.2, 0) is 40.6 Å². The highest BCUT2D eigenvalue weighted by molar-refractivity contribution is 7.86. The van der Waals surface area contributed by atoms with Gasteiger partial charge in [-0.1, -0.05) is 32.1 Å². The number of carbonyl (C=O) groups is 2. The number of hydrogen-bond acceptors (Lipinski definition) is 10. The molecule has 1 atom stereocenters. The van der Waals surface area contributed by atoms with E-state index in [-0.39, 0.29) is 21.8 Å². The van der Waals surface area contributed by atoms with Gasteiger partial charge < -0.3 is 34.3 Å². The molecule has 14 nitrogen and oxygen atoms in total. The van der Waals surface area contributed by atoms with Crippen molar-refractivity contribution in [2.75, 3.05) is 50.7 Å². The van der Waals surface area contributed by atoms with Gasteiger partial charge in [-0.25, -0.2) is 21.6 Å². The largest absolute Gasteiger partial charge is 0.744 e. The second-order valence-corrected chi connectivity index (χ2v) is 20.7. The lowest BCUT2D eigenvalue weighted by molar-refractivity contribution is -0.894. The fourth-order valence-electron chi connectivity index (χ4n) is 8.93. The summed E-state index contributed by atoms with van der Waals surface area (Å²) in [6, 6.07) is 8.94. The van der Waals surface area contributed by atoms with Gasteiger partial charge in [-0.3, -0.25) is 4.79 Å². The van der Waals surface area contributed by atoms with Crippen LogP contribution in [0, 0.1) is 0 Å². The van der Waals surface area contributed by atoms with Gasteiger partial charge in [-0.15, -0.1) is 0 Å². The molecule has 2 amide bonds. The van der Waals surface area contributed by atoms with E-state index in [1.807, 2.05) is 52.8 Å². The average molecular weight is 940 g/mol. The summed E-state index contributed by atoms with van der Waals surface area (Å²) < 4.78 is 79.3. The molecule has 2 aliphatic heterocycles. The first-order valence-corrected chi connectivity index (χ1v) is 26.2. The first-order valence-electron chi connectivity index (χ1n) is 23.4. The quantitative estimate of drug-likeness (QED) is 0.0588. The molecule has 0 radical (unpaired) electrons. The molecule has 5 rings (SSSR count). The van der Waals surface area contributed by atoms with E-state index in [1.54, 1.807) is 17.0 Å². The van der Waals surface area contributed by atoms with Gasteiger partial charge in [0.15, 0.2) is 5.71 Å². The number of benzene rings is 2. The Morgan fingerprint density at radius 1 is 0.831 bits per heavy atom. The minimum absolute atomic E-state index is 0.0601. The van der Waals surface area contributed by atoms with E-state index < -0.39 is 37.2 Å². The third-order valence-corrected chi connectivity index (χ3v) is 14.5. The van der Waals surface area contributed by atoms with Crippen LogP contribution in [0.1, 0.15) is 131 Å². The maximum absolute atomic E-state index is 12.6. The van der Waals surface area contributed by atoms with E-state index >= 15 is 0 Å². The maximum Gasteiger partial charge on any atom is 0.407 e. The van der Waals surface area contributed by atoms with Gasteiger partial charge in [0.05, 0.1) is 34.8 Å². The highest BCUT2D eigenvalue weighted by Gasteiger charge is 2.45. The zero-order chi connectivity index (χ0) is 48.0. The number of hydrogen-bond donors (Lipinski definition) is 3. The molecule has 0 saturated heterocycles. The Morgan fingerprint density at radius 2 is 1.48 bits per heavy atom. The molecule has 1 unspecified atom stereocenters. The summed E-state index contributed by atoms with van der Waals surface area (Å²) in [6.45, 7) is 22.4. The summed E-state index contributed by atoms with van der Waals surface area (Å²) >= 11 is 0. The topological polar surface area (TPSA) is 193 Å². The van der Waals surface area contributed by atoms with Crippen molar-refractivity contribution in [3.05, 3.63) is 83.6 Å². The van der Waals surface area contributed by atoms with E-state index in [4.69, 9.17) is 4.74 Å². The number of allylic oxidation sites excluding steroid dienone is 5. The van der Waals surface area contributed by atoms with Crippen molar-refractivity contribution in [2.24, 2.45) is 0 Å². The van der Waals surface area contributed by atoms with Gasteiger partial charge in [-0.2, -0.15) is 4.58 Å². The Kier molecular flexibility index (Phi) is 19.6. The predicted octanol–water partition coefficient (Wildman–Crippen LogP) is 6.74. The molecule has 3 N–H and O–H groups in total. The molecule has 2 aromatic rings. The number of carbonyl (C=O) groups excluding carboxylic acids is 2. The Labute approximate surface area is 388 Å². The number of rotatable bonds is 19. The highest BCUT2D eigenvalue weighted by atomic mass is 32.2. The van der Waals surface area contributed by atoms with Crippen molar-refractivity contribution in [1.29, 1.82) is 0 Å². The van der Waals surface area contributed by atoms with E-state index in [1.165, 1.54) is 43.9 Å². The summed E-state index contributed by atoms with van der Waals surface area (Å²) in [5.41, 5.74) is 3.61. The molecule has 0 bridgehead atoms. The first-order chi connectivity index (χ1) is 30.7. The number of alkyl carbamates (subject to hydrolysis) is 1. The van der Waals surface area contributed by atoms with Crippen molar-refractivity contribution in [1.82, 2.24) is 10.6 Å². The Bertz CT molecular complexity index is 2310. The monoisotopic (exact) mass is 939 g/mol. The molecule has 0 aromatic heterocycles. The molecule has 2 heterocycles. The third kappa shape index (κ3) is 14.3. The van der Waals surface area contributed by atoms with Gasteiger partial charge in [0.1, 0.15) is 32.9 Å². The van der Waals surface area contributed by atoms with Crippen LogP contribution in [0.3, 0.4) is 0 Å². The summed E-state index contributed by atoms with van der Waals surface area (Å²) in [6.07, 6.45) is 17.5. The first kappa shape index (κ1) is 53.3. The van der Waals surface area contributed by atoms with Crippen molar-refractivity contribution < 1.29 is 49.7 Å². The minimum atomic E-state index is -4.68. The second-order valence-electron chi connectivity index (χ2n) is 18.0. The van der Waals surface area contributed by atoms with Gasteiger partial charge in [0.2, 0.25) is 11.6 Å². The van der Waals surface area contributed by atoms with Crippen LogP contribution in [0.4, 0.5) is 16.2 Å². The minimum Gasteiger partial charge on any atom is -0.744 e. The van der Waals surface area contributed by atoms with E-state index in [9.17, 15) is 35.5 Å². The number of fused-ring (bicyclic) bond motifs is 2. The fourth-order valence-corrected chi connectivity index (χ4v) is 9.92. The van der Waals surface area contributed by atoms with Gasteiger partial charge in [-0.05, 0) is 128 Å². The number of ether oxygens (including phenoxy) is 1. The summed E-state index contributed by atoms with van der Waals surface area (Å²) in [7, 11) is -9.32. The Morgan fingerprint density at radius 3 is 2.11 bits per heavy atom. The molecule has 2 aromatic carbocycles. The number of nitrogens with zero attached hydrogens (tertiary/aromatic N) is 2. The van der Waals surface area contributed by atoms with Crippen molar-refractivity contribution in [3.63, 3.8) is 0 Å². The molecule has 0 spiro atoms. The predicted molar refractivity (Wildman–Crippen MR) is 254 cm³/mol. The molecule has 16 heteroatoms. The van der Waals surface area contributed by atoms with Crippen LogP contribution < -0.4 is 20.4 Å². The normalized spacial score (nSPS) is 19.0. The lowest BCUT2D eigenvalue weighted by Crippen LogP contribution is -3.11. The smallest absolute Gasteiger partial charge is 0.407 e. The third-order valence-electron chi connectivity index (χ3n) is 12.8. The zero-order valence-electron chi connectivity index (χ0n) is 39.8. The molecule has 360 valence electrons.